The van der Waals surface area contributed by atoms with Crippen LogP contribution in [0, 0.1) is 0 Å². The van der Waals surface area contributed by atoms with Crippen LogP contribution in [0.4, 0.5) is 5.82 Å². The molecule has 1 aromatic carbocycles. The fourth-order valence-electron chi connectivity index (χ4n) is 0.994. The van der Waals surface area contributed by atoms with Gasteiger partial charge in [0.25, 0.3) is 0 Å². The first-order chi connectivity index (χ1) is 6.74. The number of aromatic nitrogens is 2. The summed E-state index contributed by atoms with van der Waals surface area (Å²) in [4.78, 5) is 6.59. The number of hydrogen-bond donors (Lipinski definition) is 3. The van der Waals surface area contributed by atoms with Crippen molar-refractivity contribution in [2.75, 3.05) is 5.73 Å². The number of phenols is 1. The molecule has 0 aliphatic heterocycles. The van der Waals surface area contributed by atoms with Crippen LogP contribution in [0.3, 0.4) is 0 Å². The molecular formula is C9H9N3O2. The molecule has 0 saturated carbocycles. The fraction of sp³-hybridized carbons (Fsp3) is 0. The highest BCUT2D eigenvalue weighted by Gasteiger charge is 2.00. The smallest absolute Gasteiger partial charge is 0.300 e. The predicted octanol–water partition coefficient (Wildman–Crippen LogP) is 1.49. The Labute approximate surface area is 80.2 Å². The molecule has 5 heteroatoms. The zero-order valence-corrected chi connectivity index (χ0v) is 7.27. The zero-order valence-electron chi connectivity index (χ0n) is 7.27. The van der Waals surface area contributed by atoms with Gasteiger partial charge in [0.2, 0.25) is 0 Å². The number of phenolic OH excluding ortho intramolecular Hbond substituents is 1. The van der Waals surface area contributed by atoms with Crippen molar-refractivity contribution in [3.05, 3.63) is 30.5 Å². The minimum atomic E-state index is 0.191. The third-order valence-electron chi connectivity index (χ3n) is 1.62. The third kappa shape index (κ3) is 1.77. The molecule has 0 radical (unpaired) electrons. The second kappa shape index (κ2) is 3.29. The van der Waals surface area contributed by atoms with Crippen molar-refractivity contribution in [2.24, 2.45) is 0 Å². The zero-order chi connectivity index (χ0) is 9.97. The first kappa shape index (κ1) is 8.43. The molecule has 0 aliphatic rings. The van der Waals surface area contributed by atoms with E-state index in [1.165, 1.54) is 18.3 Å². The molecule has 2 aromatic rings. The second-order valence-corrected chi connectivity index (χ2v) is 2.74. The first-order valence-corrected chi connectivity index (χ1v) is 4.01. The Kier molecular flexibility index (Phi) is 1.98. The van der Waals surface area contributed by atoms with Gasteiger partial charge in [-0.25, -0.2) is 4.98 Å². The summed E-state index contributed by atoms with van der Waals surface area (Å²) in [5.74, 6) is 1.22. The lowest BCUT2D eigenvalue weighted by molar-refractivity contribution is 0.442. The largest absolute Gasteiger partial charge is 0.508 e. The Morgan fingerprint density at radius 1 is 1.29 bits per heavy atom. The van der Waals surface area contributed by atoms with E-state index in [0.717, 1.165) is 0 Å². The average Bonchev–Trinajstić information content (AvgIpc) is 2.56. The van der Waals surface area contributed by atoms with Gasteiger partial charge in [-0.3, -0.25) is 4.98 Å². The molecule has 0 saturated heterocycles. The summed E-state index contributed by atoms with van der Waals surface area (Å²) < 4.78 is 5.30. The van der Waals surface area contributed by atoms with Gasteiger partial charge in [0.05, 0.1) is 6.20 Å². The minimum absolute atomic E-state index is 0.191. The number of nitrogens with zero attached hydrogens (tertiary/aromatic N) is 1. The van der Waals surface area contributed by atoms with Crippen LogP contribution in [0.5, 0.6) is 17.5 Å². The molecule has 2 rings (SSSR count). The number of aromatic hydroxyl groups is 1. The quantitative estimate of drug-likeness (QED) is 0.671. The van der Waals surface area contributed by atoms with E-state index in [0.29, 0.717) is 17.6 Å². The maximum absolute atomic E-state index is 9.03. The van der Waals surface area contributed by atoms with Crippen molar-refractivity contribution in [1.29, 1.82) is 0 Å². The van der Waals surface area contributed by atoms with Crippen LogP contribution in [-0.4, -0.2) is 15.1 Å². The number of H-pyrrole nitrogens is 1. The molecular weight excluding hydrogens is 182 g/mol. The molecule has 5 nitrogen and oxygen atoms in total. The molecule has 0 bridgehead atoms. The van der Waals surface area contributed by atoms with E-state index in [-0.39, 0.29) is 5.75 Å². The summed E-state index contributed by atoms with van der Waals surface area (Å²) in [6.45, 7) is 0. The summed E-state index contributed by atoms with van der Waals surface area (Å²) in [5.41, 5.74) is 5.42. The first-order valence-electron chi connectivity index (χ1n) is 4.01. The Balaban J connectivity index is 2.15. The lowest BCUT2D eigenvalue weighted by Crippen LogP contribution is -1.86. The lowest BCUT2D eigenvalue weighted by Gasteiger charge is -2.00. The van der Waals surface area contributed by atoms with Crippen LogP contribution >= 0.6 is 0 Å². The maximum Gasteiger partial charge on any atom is 0.300 e. The summed E-state index contributed by atoms with van der Waals surface area (Å²) >= 11 is 0. The summed E-state index contributed by atoms with van der Waals surface area (Å²) in [6, 6.07) is 6.65. The molecule has 14 heavy (non-hydrogen) atoms. The monoisotopic (exact) mass is 191 g/mol. The molecule has 1 aromatic heterocycles. The molecule has 0 unspecified atom stereocenters. The van der Waals surface area contributed by atoms with Crippen LogP contribution in [0.2, 0.25) is 0 Å². The van der Waals surface area contributed by atoms with Gasteiger partial charge in [-0.2, -0.15) is 0 Å². The Morgan fingerprint density at radius 3 is 2.57 bits per heavy atom. The number of hydrogen-bond acceptors (Lipinski definition) is 4. The Bertz CT molecular complexity index is 422. The van der Waals surface area contributed by atoms with Crippen LogP contribution in [0.25, 0.3) is 0 Å². The van der Waals surface area contributed by atoms with Crippen molar-refractivity contribution >= 4 is 5.82 Å². The van der Waals surface area contributed by atoms with Gasteiger partial charge >= 0.3 is 6.01 Å². The van der Waals surface area contributed by atoms with E-state index in [2.05, 4.69) is 9.97 Å². The van der Waals surface area contributed by atoms with Gasteiger partial charge in [-0.05, 0) is 24.3 Å². The van der Waals surface area contributed by atoms with E-state index >= 15 is 0 Å². The van der Waals surface area contributed by atoms with Gasteiger partial charge in [0.15, 0.2) is 0 Å². The molecule has 0 amide bonds. The molecule has 1 heterocycles. The highest BCUT2D eigenvalue weighted by Crippen LogP contribution is 2.21. The van der Waals surface area contributed by atoms with E-state index in [1.54, 1.807) is 12.1 Å². The maximum atomic E-state index is 9.03. The normalized spacial score (nSPS) is 10.0. The number of nitrogens with two attached hydrogens (primary N) is 1. The van der Waals surface area contributed by atoms with Crippen LogP contribution in [-0.2, 0) is 0 Å². The standard InChI is InChI=1S/C9H9N3O2/c10-8-5-11-9(12-8)14-7-3-1-6(13)2-4-7/h1-5,13H,10H2,(H,11,12). The number of rotatable bonds is 2. The lowest BCUT2D eigenvalue weighted by atomic mass is 10.3. The molecule has 0 spiro atoms. The van der Waals surface area contributed by atoms with Gasteiger partial charge in [0, 0.05) is 0 Å². The van der Waals surface area contributed by atoms with Crippen LogP contribution in [0.1, 0.15) is 0 Å². The molecule has 4 N–H and O–H groups in total. The molecule has 0 atom stereocenters. The van der Waals surface area contributed by atoms with E-state index in [4.69, 9.17) is 15.6 Å². The van der Waals surface area contributed by atoms with Gasteiger partial charge in [0.1, 0.15) is 17.3 Å². The molecule has 0 aliphatic carbocycles. The van der Waals surface area contributed by atoms with Gasteiger partial charge in [-0.15, -0.1) is 0 Å². The number of imidazole rings is 1. The van der Waals surface area contributed by atoms with Crippen molar-refractivity contribution in [2.45, 2.75) is 0 Å². The van der Waals surface area contributed by atoms with Gasteiger partial charge in [-0.1, -0.05) is 0 Å². The Hall–Kier alpha value is -2.17. The molecule has 72 valence electrons. The van der Waals surface area contributed by atoms with Crippen molar-refractivity contribution in [3.63, 3.8) is 0 Å². The number of nitrogen functional groups attached to an aromatic ring is 1. The number of nitrogens with one attached hydrogen (secondary N) is 1. The topological polar surface area (TPSA) is 84.2 Å². The Morgan fingerprint density at radius 2 is 2.00 bits per heavy atom. The van der Waals surface area contributed by atoms with Crippen molar-refractivity contribution in [1.82, 2.24) is 9.97 Å². The summed E-state index contributed by atoms with van der Waals surface area (Å²) in [7, 11) is 0. The summed E-state index contributed by atoms with van der Waals surface area (Å²) in [6.07, 6.45) is 1.47. The van der Waals surface area contributed by atoms with Crippen LogP contribution < -0.4 is 10.5 Å². The van der Waals surface area contributed by atoms with Crippen LogP contribution in [0.15, 0.2) is 30.5 Å². The predicted molar refractivity (Wildman–Crippen MR) is 51.2 cm³/mol. The highest BCUT2D eigenvalue weighted by atomic mass is 16.5. The van der Waals surface area contributed by atoms with Crippen molar-refractivity contribution < 1.29 is 9.84 Å². The molecule has 0 fully saturated rings. The van der Waals surface area contributed by atoms with E-state index in [9.17, 15) is 0 Å². The fourth-order valence-corrected chi connectivity index (χ4v) is 0.994. The summed E-state index contributed by atoms with van der Waals surface area (Å²) in [5, 5.41) is 9.03. The van der Waals surface area contributed by atoms with E-state index < -0.39 is 0 Å². The number of anilines is 1. The average molecular weight is 191 g/mol. The van der Waals surface area contributed by atoms with Gasteiger partial charge < -0.3 is 15.6 Å². The number of benzene rings is 1. The highest BCUT2D eigenvalue weighted by molar-refractivity contribution is 5.33. The number of aromatic amines is 1. The third-order valence-corrected chi connectivity index (χ3v) is 1.62. The minimum Gasteiger partial charge on any atom is -0.508 e. The second-order valence-electron chi connectivity index (χ2n) is 2.74. The SMILES string of the molecule is Nc1cnc(Oc2ccc(O)cc2)[nH]1. The van der Waals surface area contributed by atoms with Crippen molar-refractivity contribution in [3.8, 4) is 17.5 Å². The van der Waals surface area contributed by atoms with E-state index in [1.807, 2.05) is 0 Å². The number of ether oxygens (including phenoxy) is 1.